The lowest BCUT2D eigenvalue weighted by Gasteiger charge is -2.15. The number of nitrogens with zero attached hydrogens (tertiary/aromatic N) is 4. The highest BCUT2D eigenvalue weighted by molar-refractivity contribution is 5.96. The molecule has 0 aliphatic carbocycles. The van der Waals surface area contributed by atoms with Crippen molar-refractivity contribution in [3.63, 3.8) is 0 Å². The van der Waals surface area contributed by atoms with Crippen LogP contribution >= 0.6 is 0 Å². The van der Waals surface area contributed by atoms with E-state index in [2.05, 4.69) is 15.1 Å². The maximum absolute atomic E-state index is 12.5. The molecule has 2 aromatic heterocycles. The first kappa shape index (κ1) is 18.4. The quantitative estimate of drug-likeness (QED) is 0.551. The second kappa shape index (κ2) is 7.29. The van der Waals surface area contributed by atoms with Gasteiger partial charge in [0.05, 0.1) is 17.0 Å². The van der Waals surface area contributed by atoms with Crippen LogP contribution in [0.4, 0.5) is 5.69 Å². The van der Waals surface area contributed by atoms with Crippen molar-refractivity contribution in [2.45, 2.75) is 32.2 Å². The maximum Gasteiger partial charge on any atom is 0.326 e. The van der Waals surface area contributed by atoms with Gasteiger partial charge in [-0.1, -0.05) is 30.3 Å². The lowest BCUT2D eigenvalue weighted by molar-refractivity contribution is -0.117. The number of nitrogens with one attached hydrogen (secondary N) is 1. The molecule has 0 saturated carbocycles. The van der Waals surface area contributed by atoms with Crippen molar-refractivity contribution in [3.05, 3.63) is 64.9 Å². The van der Waals surface area contributed by atoms with Crippen molar-refractivity contribution in [1.82, 2.24) is 19.7 Å². The molecular formula is C22H21N5O3. The van der Waals surface area contributed by atoms with E-state index in [1.54, 1.807) is 9.47 Å². The Bertz CT molecular complexity index is 1270. The number of rotatable bonds is 5. The summed E-state index contributed by atoms with van der Waals surface area (Å²) in [4.78, 5) is 33.8. The van der Waals surface area contributed by atoms with E-state index >= 15 is 0 Å². The van der Waals surface area contributed by atoms with E-state index in [-0.39, 0.29) is 17.5 Å². The molecule has 8 heteroatoms. The molecule has 1 amide bonds. The van der Waals surface area contributed by atoms with Crippen LogP contribution in [0.25, 0.3) is 22.4 Å². The molecule has 1 saturated heterocycles. The van der Waals surface area contributed by atoms with Crippen molar-refractivity contribution in [1.29, 1.82) is 0 Å². The van der Waals surface area contributed by atoms with Crippen molar-refractivity contribution in [2.75, 3.05) is 11.4 Å². The van der Waals surface area contributed by atoms with Crippen LogP contribution in [-0.2, 0) is 11.3 Å². The zero-order valence-corrected chi connectivity index (χ0v) is 16.5. The van der Waals surface area contributed by atoms with Crippen LogP contribution in [0.5, 0.6) is 0 Å². The SMILES string of the molecule is CCCn1c(=O)[nH]c2cc(-c3noc(C4CC(=O)N(c5ccccc5)C4)n3)ccc21. The topological polar surface area (TPSA) is 97.0 Å². The van der Waals surface area contributed by atoms with Crippen molar-refractivity contribution in [2.24, 2.45) is 0 Å². The second-order valence-electron chi connectivity index (χ2n) is 7.51. The molecule has 1 aliphatic rings. The normalized spacial score (nSPS) is 16.6. The third kappa shape index (κ3) is 3.10. The van der Waals surface area contributed by atoms with E-state index in [1.165, 1.54) is 0 Å². The Kier molecular flexibility index (Phi) is 4.46. The highest BCUT2D eigenvalue weighted by atomic mass is 16.5. The van der Waals surface area contributed by atoms with Crippen LogP contribution in [0, 0.1) is 0 Å². The van der Waals surface area contributed by atoms with E-state index in [4.69, 9.17) is 4.52 Å². The Morgan fingerprint density at radius 3 is 2.80 bits per heavy atom. The molecule has 1 N–H and O–H groups in total. The Hall–Kier alpha value is -3.68. The predicted octanol–water partition coefficient (Wildman–Crippen LogP) is 3.31. The highest BCUT2D eigenvalue weighted by Crippen LogP contribution is 2.32. The average Bonchev–Trinajstić information content (AvgIpc) is 3.46. The second-order valence-corrected chi connectivity index (χ2v) is 7.51. The van der Waals surface area contributed by atoms with Gasteiger partial charge >= 0.3 is 5.69 Å². The van der Waals surface area contributed by atoms with E-state index in [1.807, 2.05) is 55.5 Å². The van der Waals surface area contributed by atoms with Crippen LogP contribution in [-0.4, -0.2) is 32.1 Å². The fourth-order valence-corrected chi connectivity index (χ4v) is 4.00. The maximum atomic E-state index is 12.5. The standard InChI is InChI=1S/C22H21N5O3/c1-2-10-26-18-9-8-14(11-17(18)23-22(26)29)20-24-21(30-25-20)15-12-19(28)27(13-15)16-6-4-3-5-7-16/h3-9,11,15H,2,10,12-13H2,1H3,(H,23,29). The number of carbonyl (C=O) groups is 1. The average molecular weight is 403 g/mol. The molecule has 0 radical (unpaired) electrons. The fraction of sp³-hybridized carbons (Fsp3) is 0.273. The lowest BCUT2D eigenvalue weighted by Crippen LogP contribution is -2.24. The zero-order chi connectivity index (χ0) is 20.7. The molecule has 1 aliphatic heterocycles. The lowest BCUT2D eigenvalue weighted by atomic mass is 10.1. The van der Waals surface area contributed by atoms with Gasteiger partial charge in [-0.3, -0.25) is 9.36 Å². The van der Waals surface area contributed by atoms with Gasteiger partial charge in [0.15, 0.2) is 0 Å². The molecule has 1 unspecified atom stereocenters. The first-order chi connectivity index (χ1) is 14.6. The van der Waals surface area contributed by atoms with Crippen LogP contribution in [0.2, 0.25) is 0 Å². The summed E-state index contributed by atoms with van der Waals surface area (Å²) in [5.74, 6) is 0.797. The summed E-state index contributed by atoms with van der Waals surface area (Å²) >= 11 is 0. The Balaban J connectivity index is 1.41. The summed E-state index contributed by atoms with van der Waals surface area (Å²) in [6.07, 6.45) is 1.21. The summed E-state index contributed by atoms with van der Waals surface area (Å²) in [5.41, 5.74) is 3.10. The number of hydrogen-bond acceptors (Lipinski definition) is 5. The number of hydrogen-bond donors (Lipinski definition) is 1. The number of anilines is 1. The number of fused-ring (bicyclic) bond motifs is 1. The third-order valence-corrected chi connectivity index (χ3v) is 5.46. The van der Waals surface area contributed by atoms with E-state index in [9.17, 15) is 9.59 Å². The summed E-state index contributed by atoms with van der Waals surface area (Å²) < 4.78 is 7.22. The summed E-state index contributed by atoms with van der Waals surface area (Å²) in [7, 11) is 0. The molecule has 3 heterocycles. The number of aromatic nitrogens is 4. The van der Waals surface area contributed by atoms with Gasteiger partial charge < -0.3 is 14.4 Å². The molecule has 0 spiro atoms. The van der Waals surface area contributed by atoms with Crippen LogP contribution in [0.1, 0.15) is 31.6 Å². The van der Waals surface area contributed by atoms with E-state index < -0.39 is 0 Å². The van der Waals surface area contributed by atoms with Crippen molar-refractivity contribution >= 4 is 22.6 Å². The van der Waals surface area contributed by atoms with E-state index in [0.717, 1.165) is 28.7 Å². The van der Waals surface area contributed by atoms with Gasteiger partial charge in [0.2, 0.25) is 17.6 Å². The molecule has 152 valence electrons. The summed E-state index contributed by atoms with van der Waals surface area (Å²) in [6, 6.07) is 15.2. The number of H-pyrrole nitrogens is 1. The van der Waals surface area contributed by atoms with Crippen LogP contribution < -0.4 is 10.6 Å². The van der Waals surface area contributed by atoms with Crippen molar-refractivity contribution in [3.8, 4) is 11.4 Å². The molecule has 8 nitrogen and oxygen atoms in total. The predicted molar refractivity (Wildman–Crippen MR) is 112 cm³/mol. The van der Waals surface area contributed by atoms with Gasteiger partial charge in [-0.05, 0) is 36.8 Å². The third-order valence-electron chi connectivity index (χ3n) is 5.46. The largest absolute Gasteiger partial charge is 0.339 e. The number of amides is 1. The summed E-state index contributed by atoms with van der Waals surface area (Å²) in [6.45, 7) is 3.21. The molecule has 30 heavy (non-hydrogen) atoms. The Morgan fingerprint density at radius 2 is 2.00 bits per heavy atom. The monoisotopic (exact) mass is 403 g/mol. The smallest absolute Gasteiger partial charge is 0.326 e. The minimum atomic E-state index is -0.145. The number of benzene rings is 2. The number of imidazole rings is 1. The van der Waals surface area contributed by atoms with Crippen molar-refractivity contribution < 1.29 is 9.32 Å². The van der Waals surface area contributed by atoms with Gasteiger partial charge in [-0.15, -0.1) is 0 Å². The van der Waals surface area contributed by atoms with Gasteiger partial charge in [0.25, 0.3) is 0 Å². The molecule has 1 fully saturated rings. The fourth-order valence-electron chi connectivity index (χ4n) is 4.00. The molecule has 1 atom stereocenters. The molecule has 0 bridgehead atoms. The van der Waals surface area contributed by atoms with E-state index in [0.29, 0.717) is 31.2 Å². The van der Waals surface area contributed by atoms with Crippen LogP contribution in [0.3, 0.4) is 0 Å². The first-order valence-corrected chi connectivity index (χ1v) is 10.1. The first-order valence-electron chi connectivity index (χ1n) is 10.1. The molecule has 2 aromatic carbocycles. The minimum Gasteiger partial charge on any atom is -0.339 e. The zero-order valence-electron chi connectivity index (χ0n) is 16.5. The number of para-hydroxylation sites is 1. The van der Waals surface area contributed by atoms with Gasteiger partial charge in [0, 0.05) is 30.8 Å². The van der Waals surface area contributed by atoms with Crippen LogP contribution in [0.15, 0.2) is 57.8 Å². The Morgan fingerprint density at radius 1 is 1.17 bits per heavy atom. The summed E-state index contributed by atoms with van der Waals surface area (Å²) in [5, 5.41) is 4.11. The Labute approximate surface area is 172 Å². The number of carbonyl (C=O) groups excluding carboxylic acids is 1. The number of aryl methyl sites for hydroxylation is 1. The van der Waals surface area contributed by atoms with Gasteiger partial charge in [0.1, 0.15) is 0 Å². The van der Waals surface area contributed by atoms with Gasteiger partial charge in [-0.2, -0.15) is 4.98 Å². The minimum absolute atomic E-state index is 0.0437. The molecular weight excluding hydrogens is 382 g/mol. The molecule has 5 rings (SSSR count). The highest BCUT2D eigenvalue weighted by Gasteiger charge is 2.35. The molecule has 4 aromatic rings. The number of aromatic amines is 1. The van der Waals surface area contributed by atoms with Gasteiger partial charge in [-0.25, -0.2) is 4.79 Å².